The molecule has 0 aliphatic carbocycles. The number of piperidine rings is 1. The van der Waals surface area contributed by atoms with Gasteiger partial charge in [-0.3, -0.25) is 4.79 Å². The largest absolute Gasteiger partial charge is 0.487 e. The van der Waals surface area contributed by atoms with Gasteiger partial charge >= 0.3 is 6.01 Å². The van der Waals surface area contributed by atoms with Gasteiger partial charge in [0, 0.05) is 50.9 Å². The number of anilines is 2. The van der Waals surface area contributed by atoms with Crippen LogP contribution in [-0.2, 0) is 6.42 Å². The van der Waals surface area contributed by atoms with Gasteiger partial charge in [0.2, 0.25) is 5.95 Å². The Bertz CT molecular complexity index is 1220. The third kappa shape index (κ3) is 5.03. The minimum atomic E-state index is -0.474. The van der Waals surface area contributed by atoms with Crippen LogP contribution >= 0.6 is 0 Å². The molecule has 192 valence electrons. The molecule has 2 unspecified atom stereocenters. The van der Waals surface area contributed by atoms with Crippen molar-refractivity contribution in [3.8, 4) is 5.75 Å². The second-order valence-electron chi connectivity index (χ2n) is 9.44. The zero-order chi connectivity index (χ0) is 25.2. The minimum absolute atomic E-state index is 0.0000652. The maximum atomic E-state index is 13.7. The molecule has 3 aromatic rings. The molecule has 0 spiro atoms. The Labute approximate surface area is 208 Å². The Morgan fingerprint density at radius 1 is 1.19 bits per heavy atom. The van der Waals surface area contributed by atoms with Crippen LogP contribution in [0.3, 0.4) is 0 Å². The van der Waals surface area contributed by atoms with E-state index < -0.39 is 5.82 Å². The molecule has 5 rings (SSSR count). The number of aromatic nitrogens is 5. The maximum Gasteiger partial charge on any atom is 0.324 e. The molecule has 0 saturated carbocycles. The first-order chi connectivity index (χ1) is 17.4. The van der Waals surface area contributed by atoms with Gasteiger partial charge in [0.05, 0.1) is 24.5 Å². The molecule has 36 heavy (non-hydrogen) atoms. The van der Waals surface area contributed by atoms with E-state index in [1.807, 2.05) is 11.8 Å². The highest BCUT2D eigenvalue weighted by atomic mass is 19.1. The van der Waals surface area contributed by atoms with E-state index in [4.69, 9.17) is 15.0 Å². The van der Waals surface area contributed by atoms with Crippen LogP contribution in [-0.4, -0.2) is 63.0 Å². The summed E-state index contributed by atoms with van der Waals surface area (Å²) in [5.74, 6) is 1.73. The topological polar surface area (TPSA) is 128 Å². The van der Waals surface area contributed by atoms with Crippen LogP contribution in [0.15, 0.2) is 40.0 Å². The van der Waals surface area contributed by atoms with E-state index in [2.05, 4.69) is 31.9 Å². The molecule has 2 saturated heterocycles. The van der Waals surface area contributed by atoms with Crippen molar-refractivity contribution in [2.45, 2.75) is 51.3 Å². The first-order valence-electron chi connectivity index (χ1n) is 12.4. The van der Waals surface area contributed by atoms with Gasteiger partial charge in [-0.2, -0.15) is 4.98 Å². The van der Waals surface area contributed by atoms with Gasteiger partial charge in [0.1, 0.15) is 5.82 Å². The van der Waals surface area contributed by atoms with Gasteiger partial charge in [-0.15, -0.1) is 0 Å². The number of ether oxygens (including phenoxy) is 1. The van der Waals surface area contributed by atoms with Crippen molar-refractivity contribution in [2.24, 2.45) is 11.7 Å². The highest BCUT2D eigenvalue weighted by molar-refractivity contribution is 5.35. The molecular formula is C24H31FN8O3. The van der Waals surface area contributed by atoms with Gasteiger partial charge < -0.3 is 29.4 Å². The van der Waals surface area contributed by atoms with E-state index in [0.717, 1.165) is 44.2 Å². The zero-order valence-electron chi connectivity index (χ0n) is 20.5. The van der Waals surface area contributed by atoms with Crippen LogP contribution in [0.5, 0.6) is 5.75 Å². The lowest BCUT2D eigenvalue weighted by molar-refractivity contribution is 0.131. The molecule has 0 amide bonds. The molecule has 0 aromatic carbocycles. The summed E-state index contributed by atoms with van der Waals surface area (Å²) < 4.78 is 26.5. The van der Waals surface area contributed by atoms with Crippen LogP contribution < -0.4 is 25.8 Å². The van der Waals surface area contributed by atoms with E-state index in [-0.39, 0.29) is 23.7 Å². The first-order valence-corrected chi connectivity index (χ1v) is 12.4. The van der Waals surface area contributed by atoms with E-state index in [1.54, 1.807) is 12.4 Å². The molecule has 2 aliphatic rings. The molecule has 11 nitrogen and oxygen atoms in total. The molecule has 0 radical (unpaired) electrons. The average molecular weight is 499 g/mol. The Kier molecular flexibility index (Phi) is 6.86. The summed E-state index contributed by atoms with van der Waals surface area (Å²) >= 11 is 0. The van der Waals surface area contributed by atoms with Crippen LogP contribution in [0.2, 0.25) is 0 Å². The fourth-order valence-electron chi connectivity index (χ4n) is 4.93. The van der Waals surface area contributed by atoms with Gasteiger partial charge in [-0.25, -0.2) is 14.4 Å². The second-order valence-corrected chi connectivity index (χ2v) is 9.44. The standard InChI is InChI=1S/C24H31FN8O3/c1-3-21-29-24(36-30-21)31-8-6-16(7-9-31)15(2)35-18-10-27-23(28-11-18)32-13-19(26)20(14-32)33-12-17(25)4-5-22(33)34/h4-5,10-12,15-16,19-20H,3,6-9,13-14,26H2,1-2H3/t15-,19?,20?/m0/s1. The van der Waals surface area contributed by atoms with Crippen molar-refractivity contribution >= 4 is 12.0 Å². The zero-order valence-corrected chi connectivity index (χ0v) is 20.5. The fraction of sp³-hybridized carbons (Fsp3) is 0.542. The van der Waals surface area contributed by atoms with Crippen molar-refractivity contribution in [3.63, 3.8) is 0 Å². The summed E-state index contributed by atoms with van der Waals surface area (Å²) in [6.07, 6.45) is 7.18. The maximum absolute atomic E-state index is 13.7. The Hall–Kier alpha value is -3.54. The Balaban J connectivity index is 1.15. The predicted octanol–water partition coefficient (Wildman–Crippen LogP) is 1.80. The summed E-state index contributed by atoms with van der Waals surface area (Å²) in [5, 5.41) is 3.98. The molecule has 2 N–H and O–H groups in total. The van der Waals surface area contributed by atoms with Crippen LogP contribution in [0.4, 0.5) is 16.4 Å². The molecule has 2 aliphatic heterocycles. The monoisotopic (exact) mass is 498 g/mol. The highest BCUT2D eigenvalue weighted by Gasteiger charge is 2.34. The molecule has 2 fully saturated rings. The van der Waals surface area contributed by atoms with Gasteiger partial charge in [0.15, 0.2) is 11.6 Å². The number of halogens is 1. The van der Waals surface area contributed by atoms with E-state index in [0.29, 0.717) is 36.7 Å². The number of rotatable bonds is 7. The third-order valence-corrected chi connectivity index (χ3v) is 7.06. The van der Waals surface area contributed by atoms with E-state index >= 15 is 0 Å². The Morgan fingerprint density at radius 3 is 2.64 bits per heavy atom. The van der Waals surface area contributed by atoms with Gasteiger partial charge in [-0.1, -0.05) is 12.1 Å². The number of aryl methyl sites for hydroxylation is 1. The number of hydrogen-bond donors (Lipinski definition) is 1. The molecule has 5 heterocycles. The third-order valence-electron chi connectivity index (χ3n) is 7.06. The van der Waals surface area contributed by atoms with Crippen molar-refractivity contribution in [1.82, 2.24) is 24.7 Å². The van der Waals surface area contributed by atoms with Crippen LogP contribution in [0.25, 0.3) is 0 Å². The molecular weight excluding hydrogens is 467 g/mol. The molecule has 0 bridgehead atoms. The summed E-state index contributed by atoms with van der Waals surface area (Å²) in [4.78, 5) is 29.6. The lowest BCUT2D eigenvalue weighted by Crippen LogP contribution is -2.38. The van der Waals surface area contributed by atoms with Crippen molar-refractivity contribution < 1.29 is 13.7 Å². The van der Waals surface area contributed by atoms with Crippen LogP contribution in [0.1, 0.15) is 38.6 Å². The number of nitrogens with zero attached hydrogens (tertiary/aromatic N) is 7. The van der Waals surface area contributed by atoms with Crippen LogP contribution in [0, 0.1) is 11.7 Å². The van der Waals surface area contributed by atoms with Gasteiger partial charge in [0.25, 0.3) is 5.56 Å². The highest BCUT2D eigenvalue weighted by Crippen LogP contribution is 2.28. The second kappa shape index (κ2) is 10.2. The fourth-order valence-corrected chi connectivity index (χ4v) is 4.93. The SMILES string of the molecule is CCc1noc(N2CCC([C@H](C)Oc3cnc(N4CC(N)C(n5cc(F)ccc5=O)C4)nc3)CC2)n1. The molecule has 12 heteroatoms. The average Bonchev–Trinajstić information content (AvgIpc) is 3.53. The molecule has 3 atom stereocenters. The minimum Gasteiger partial charge on any atom is -0.487 e. The number of nitrogens with two attached hydrogens (primary N) is 1. The summed E-state index contributed by atoms with van der Waals surface area (Å²) in [6.45, 7) is 6.62. The molecule has 3 aromatic heterocycles. The summed E-state index contributed by atoms with van der Waals surface area (Å²) in [5.41, 5.74) is 5.98. The van der Waals surface area contributed by atoms with Crippen molar-refractivity contribution in [2.75, 3.05) is 36.0 Å². The first kappa shape index (κ1) is 24.2. The van der Waals surface area contributed by atoms with E-state index in [1.165, 1.54) is 16.8 Å². The smallest absolute Gasteiger partial charge is 0.324 e. The quantitative estimate of drug-likeness (QED) is 0.515. The van der Waals surface area contributed by atoms with Gasteiger partial charge in [-0.05, 0) is 31.7 Å². The van der Waals surface area contributed by atoms with Crippen molar-refractivity contribution in [1.29, 1.82) is 0 Å². The summed E-state index contributed by atoms with van der Waals surface area (Å²) in [6, 6.07) is 2.24. The normalized spacial score (nSPS) is 21.7. The predicted molar refractivity (Wildman–Crippen MR) is 131 cm³/mol. The van der Waals surface area contributed by atoms with E-state index in [9.17, 15) is 9.18 Å². The number of hydrogen-bond acceptors (Lipinski definition) is 10. The Morgan fingerprint density at radius 2 is 1.94 bits per heavy atom. The summed E-state index contributed by atoms with van der Waals surface area (Å²) in [7, 11) is 0. The van der Waals surface area contributed by atoms with Crippen molar-refractivity contribution in [3.05, 3.63) is 52.7 Å². The lowest BCUT2D eigenvalue weighted by Gasteiger charge is -2.33. The lowest BCUT2D eigenvalue weighted by atomic mass is 9.92. The number of pyridine rings is 1.